The lowest BCUT2D eigenvalue weighted by atomic mass is 10.0. The highest BCUT2D eigenvalue weighted by Gasteiger charge is 1.94. The average molecular weight is 328 g/mol. The Kier molecular flexibility index (Phi) is 21.7. The smallest absolute Gasteiger partial charge is 0.00675 e. The van der Waals surface area contributed by atoms with Crippen molar-refractivity contribution in [1.82, 2.24) is 0 Å². The summed E-state index contributed by atoms with van der Waals surface area (Å²) < 4.78 is 0. The van der Waals surface area contributed by atoms with Gasteiger partial charge in [-0.2, -0.15) is 11.8 Å². The van der Waals surface area contributed by atoms with Gasteiger partial charge in [0.05, 0.1) is 0 Å². The summed E-state index contributed by atoms with van der Waals surface area (Å²) >= 11 is 2.14. The zero-order valence-electron chi connectivity index (χ0n) is 15.6. The fourth-order valence-electron chi connectivity index (χ4n) is 2.93. The van der Waals surface area contributed by atoms with Crippen molar-refractivity contribution < 1.29 is 0 Å². The lowest BCUT2D eigenvalue weighted by Crippen LogP contribution is -1.85. The summed E-state index contributed by atoms with van der Waals surface area (Å²) in [6, 6.07) is 0. The molecule has 0 aliphatic carbocycles. The van der Waals surface area contributed by atoms with E-state index in [0.29, 0.717) is 0 Å². The maximum absolute atomic E-state index is 3.90. The van der Waals surface area contributed by atoms with E-state index in [9.17, 15) is 0 Å². The third-order valence-corrected chi connectivity index (χ3v) is 5.66. The first kappa shape index (κ1) is 22.4. The van der Waals surface area contributed by atoms with Crippen molar-refractivity contribution in [2.75, 3.05) is 11.5 Å². The molecule has 0 aromatic heterocycles. The largest absolute Gasteiger partial charge is 0.162 e. The molecule has 0 saturated carbocycles. The quantitative estimate of drug-likeness (QED) is 0.215. The Hall–Kier alpha value is 0.350. The first-order valence-corrected chi connectivity index (χ1v) is 11.4. The van der Waals surface area contributed by atoms with Gasteiger partial charge in [0.15, 0.2) is 0 Å². The summed E-state index contributed by atoms with van der Waals surface area (Å²) in [6.07, 6.45) is 24.3. The van der Waals surface area contributed by atoms with E-state index in [1.54, 1.807) is 0 Å². The molecule has 0 amide bonds. The minimum absolute atomic E-state index is 1.12. The van der Waals surface area contributed by atoms with Gasteiger partial charge in [-0.25, -0.2) is 0 Å². The van der Waals surface area contributed by atoms with Gasteiger partial charge in [-0.05, 0) is 24.3 Å². The molecule has 0 N–H and O–H groups in total. The first-order valence-electron chi connectivity index (χ1n) is 10.3. The van der Waals surface area contributed by atoms with E-state index in [2.05, 4.69) is 25.6 Å². The average Bonchev–Trinajstić information content (AvgIpc) is 2.54. The summed E-state index contributed by atoms with van der Waals surface area (Å²) in [4.78, 5) is 0. The standard InChI is InChI=1S/C21H43S/c1-3-5-6-7-8-9-10-11-12-13-14-15-16-17-18-19-21-22-20-4-2/h1,3-21H2,2H3. The number of hydrogen-bond donors (Lipinski definition) is 0. The van der Waals surface area contributed by atoms with E-state index in [-0.39, 0.29) is 0 Å². The maximum atomic E-state index is 3.90. The number of rotatable bonds is 19. The van der Waals surface area contributed by atoms with Gasteiger partial charge in [-0.3, -0.25) is 0 Å². The topological polar surface area (TPSA) is 0 Å². The second kappa shape index (κ2) is 21.4. The fraction of sp³-hybridized carbons (Fsp3) is 0.952. The van der Waals surface area contributed by atoms with E-state index in [1.807, 2.05) is 0 Å². The van der Waals surface area contributed by atoms with E-state index in [4.69, 9.17) is 0 Å². The van der Waals surface area contributed by atoms with Crippen LogP contribution < -0.4 is 0 Å². The third kappa shape index (κ3) is 20.3. The molecule has 1 radical (unpaired) electrons. The molecule has 0 unspecified atom stereocenters. The van der Waals surface area contributed by atoms with Crippen LogP contribution in [0.25, 0.3) is 0 Å². The molecule has 0 heterocycles. The van der Waals surface area contributed by atoms with Crippen LogP contribution in [0.1, 0.15) is 116 Å². The SMILES string of the molecule is [CH2]CCCCCCCCCCCCCCCCCSCCC. The Bertz CT molecular complexity index is 159. The van der Waals surface area contributed by atoms with E-state index in [0.717, 1.165) is 6.42 Å². The Morgan fingerprint density at radius 2 is 0.864 bits per heavy atom. The molecule has 0 aromatic rings. The molecule has 1 heteroatoms. The second-order valence-electron chi connectivity index (χ2n) is 6.77. The van der Waals surface area contributed by atoms with Gasteiger partial charge in [0.1, 0.15) is 0 Å². The summed E-state index contributed by atoms with van der Waals surface area (Å²) in [7, 11) is 0. The summed E-state index contributed by atoms with van der Waals surface area (Å²) in [5, 5.41) is 0. The molecular weight excluding hydrogens is 284 g/mol. The molecule has 0 atom stereocenters. The third-order valence-electron chi connectivity index (χ3n) is 4.39. The van der Waals surface area contributed by atoms with Crippen molar-refractivity contribution in [2.24, 2.45) is 0 Å². The van der Waals surface area contributed by atoms with Gasteiger partial charge in [-0.15, -0.1) is 0 Å². The zero-order valence-corrected chi connectivity index (χ0v) is 16.4. The van der Waals surface area contributed by atoms with Crippen molar-refractivity contribution in [1.29, 1.82) is 0 Å². The van der Waals surface area contributed by atoms with Crippen molar-refractivity contribution >= 4 is 11.8 Å². The predicted molar refractivity (Wildman–Crippen MR) is 107 cm³/mol. The Morgan fingerprint density at radius 1 is 0.500 bits per heavy atom. The van der Waals surface area contributed by atoms with Crippen LogP contribution in [0.15, 0.2) is 0 Å². The molecule has 0 fully saturated rings. The highest BCUT2D eigenvalue weighted by molar-refractivity contribution is 7.99. The fourth-order valence-corrected chi connectivity index (χ4v) is 3.83. The second-order valence-corrected chi connectivity index (χ2v) is 7.99. The molecule has 0 saturated heterocycles. The number of unbranched alkanes of at least 4 members (excludes halogenated alkanes) is 15. The van der Waals surface area contributed by atoms with Gasteiger partial charge in [0.25, 0.3) is 0 Å². The molecule has 22 heavy (non-hydrogen) atoms. The molecule has 133 valence electrons. The van der Waals surface area contributed by atoms with Crippen LogP contribution in [-0.2, 0) is 0 Å². The van der Waals surface area contributed by atoms with E-state index in [1.165, 1.54) is 114 Å². The summed E-state index contributed by atoms with van der Waals surface area (Å²) in [5.41, 5.74) is 0. The van der Waals surface area contributed by atoms with Crippen LogP contribution in [0.5, 0.6) is 0 Å². The van der Waals surface area contributed by atoms with Crippen molar-refractivity contribution in [3.05, 3.63) is 6.92 Å². The van der Waals surface area contributed by atoms with E-state index < -0.39 is 0 Å². The normalized spacial score (nSPS) is 11.2. The van der Waals surface area contributed by atoms with Crippen LogP contribution in [0.4, 0.5) is 0 Å². The van der Waals surface area contributed by atoms with Crippen molar-refractivity contribution in [3.8, 4) is 0 Å². The van der Waals surface area contributed by atoms with Crippen LogP contribution in [0.3, 0.4) is 0 Å². The lowest BCUT2D eigenvalue weighted by Gasteiger charge is -2.03. The minimum Gasteiger partial charge on any atom is -0.162 e. The molecule has 0 bridgehead atoms. The summed E-state index contributed by atoms with van der Waals surface area (Å²) in [6.45, 7) is 6.18. The minimum atomic E-state index is 1.12. The van der Waals surface area contributed by atoms with Gasteiger partial charge < -0.3 is 0 Å². The van der Waals surface area contributed by atoms with Gasteiger partial charge in [0, 0.05) is 0 Å². The molecule has 0 aromatic carbocycles. The monoisotopic (exact) mass is 327 g/mol. The zero-order chi connectivity index (χ0) is 16.1. The molecule has 0 aliphatic heterocycles. The van der Waals surface area contributed by atoms with Crippen molar-refractivity contribution in [3.63, 3.8) is 0 Å². The van der Waals surface area contributed by atoms with Gasteiger partial charge >= 0.3 is 0 Å². The Labute approximate surface area is 146 Å². The highest BCUT2D eigenvalue weighted by Crippen LogP contribution is 2.14. The number of hydrogen-bond acceptors (Lipinski definition) is 1. The Balaban J connectivity index is 2.91. The van der Waals surface area contributed by atoms with Crippen LogP contribution in [0.2, 0.25) is 0 Å². The Morgan fingerprint density at radius 3 is 1.23 bits per heavy atom. The highest BCUT2D eigenvalue weighted by atomic mass is 32.2. The number of thioether (sulfide) groups is 1. The van der Waals surface area contributed by atoms with Gasteiger partial charge in [0.2, 0.25) is 0 Å². The van der Waals surface area contributed by atoms with Gasteiger partial charge in [-0.1, -0.05) is 110 Å². The molecule has 0 spiro atoms. The predicted octanol–water partition coefficient (Wildman–Crippen LogP) is 8.21. The molecule has 0 rings (SSSR count). The molecule has 0 nitrogen and oxygen atoms in total. The van der Waals surface area contributed by atoms with Crippen molar-refractivity contribution in [2.45, 2.75) is 116 Å². The summed E-state index contributed by atoms with van der Waals surface area (Å²) in [5.74, 6) is 2.75. The molecular formula is C21H43S. The lowest BCUT2D eigenvalue weighted by molar-refractivity contribution is 0.533. The van der Waals surface area contributed by atoms with Crippen LogP contribution >= 0.6 is 11.8 Å². The maximum Gasteiger partial charge on any atom is -0.00675 e. The van der Waals surface area contributed by atoms with Crippen LogP contribution in [0, 0.1) is 6.92 Å². The van der Waals surface area contributed by atoms with E-state index >= 15 is 0 Å². The first-order chi connectivity index (χ1) is 10.9. The van der Waals surface area contributed by atoms with Crippen LogP contribution in [-0.4, -0.2) is 11.5 Å². The molecule has 0 aliphatic rings.